The SMILES string of the molecule is CCCCNC(=O)CSc1nnc(COc2ccccc2Cl)n1C. The molecule has 0 aliphatic carbocycles. The lowest BCUT2D eigenvalue weighted by Crippen LogP contribution is -2.26. The van der Waals surface area contributed by atoms with E-state index in [-0.39, 0.29) is 12.5 Å². The quantitative estimate of drug-likeness (QED) is 0.544. The van der Waals surface area contributed by atoms with Crippen molar-refractivity contribution in [2.45, 2.75) is 31.5 Å². The maximum Gasteiger partial charge on any atom is 0.230 e. The van der Waals surface area contributed by atoms with Crippen LogP contribution in [0, 0.1) is 0 Å². The molecule has 2 rings (SSSR count). The van der Waals surface area contributed by atoms with Crippen LogP contribution in [0.3, 0.4) is 0 Å². The molecule has 6 nitrogen and oxygen atoms in total. The van der Waals surface area contributed by atoms with E-state index >= 15 is 0 Å². The second-order valence-electron chi connectivity index (χ2n) is 5.17. The lowest BCUT2D eigenvalue weighted by molar-refractivity contribution is -0.118. The topological polar surface area (TPSA) is 69.0 Å². The molecule has 0 spiro atoms. The largest absolute Gasteiger partial charge is 0.484 e. The highest BCUT2D eigenvalue weighted by molar-refractivity contribution is 7.99. The van der Waals surface area contributed by atoms with Gasteiger partial charge in [0.2, 0.25) is 5.91 Å². The monoisotopic (exact) mass is 368 g/mol. The zero-order valence-corrected chi connectivity index (χ0v) is 15.4. The molecular formula is C16H21ClN4O2S. The zero-order valence-electron chi connectivity index (χ0n) is 13.8. The van der Waals surface area contributed by atoms with Gasteiger partial charge >= 0.3 is 0 Å². The maximum absolute atomic E-state index is 11.7. The molecule has 0 bridgehead atoms. The summed E-state index contributed by atoms with van der Waals surface area (Å²) in [5.41, 5.74) is 0. The van der Waals surface area contributed by atoms with Gasteiger partial charge in [-0.25, -0.2) is 0 Å². The predicted molar refractivity (Wildman–Crippen MR) is 95.4 cm³/mol. The van der Waals surface area contributed by atoms with E-state index in [0.717, 1.165) is 12.8 Å². The van der Waals surface area contributed by atoms with E-state index in [1.807, 2.05) is 23.7 Å². The van der Waals surface area contributed by atoms with Crippen molar-refractivity contribution >= 4 is 29.3 Å². The molecule has 130 valence electrons. The summed E-state index contributed by atoms with van der Waals surface area (Å²) < 4.78 is 7.48. The number of carbonyl (C=O) groups excluding carboxylic acids is 1. The number of rotatable bonds is 9. The summed E-state index contributed by atoms with van der Waals surface area (Å²) in [7, 11) is 1.85. The molecular weight excluding hydrogens is 348 g/mol. The van der Waals surface area contributed by atoms with Crippen LogP contribution in [0.15, 0.2) is 29.4 Å². The lowest BCUT2D eigenvalue weighted by Gasteiger charge is -2.08. The van der Waals surface area contributed by atoms with Crippen molar-refractivity contribution in [1.29, 1.82) is 0 Å². The van der Waals surface area contributed by atoms with Crippen LogP contribution in [0.2, 0.25) is 5.02 Å². The normalized spacial score (nSPS) is 10.6. The van der Waals surface area contributed by atoms with Gasteiger partial charge in [-0.2, -0.15) is 0 Å². The zero-order chi connectivity index (χ0) is 17.4. The molecule has 1 N–H and O–H groups in total. The van der Waals surface area contributed by atoms with E-state index in [4.69, 9.17) is 16.3 Å². The second kappa shape index (κ2) is 9.54. The number of ether oxygens (including phenoxy) is 1. The molecule has 0 fully saturated rings. The molecule has 0 aliphatic rings. The summed E-state index contributed by atoms with van der Waals surface area (Å²) in [5.74, 6) is 1.60. The van der Waals surface area contributed by atoms with Crippen molar-refractivity contribution < 1.29 is 9.53 Å². The number of unbranched alkanes of at least 4 members (excludes halogenated alkanes) is 1. The van der Waals surface area contributed by atoms with Crippen LogP contribution in [0.1, 0.15) is 25.6 Å². The molecule has 0 aliphatic heterocycles. The minimum Gasteiger partial charge on any atom is -0.484 e. The van der Waals surface area contributed by atoms with Crippen LogP contribution in [-0.4, -0.2) is 33.0 Å². The minimum absolute atomic E-state index is 0.00492. The molecule has 0 saturated carbocycles. The van der Waals surface area contributed by atoms with E-state index in [1.165, 1.54) is 11.8 Å². The number of benzene rings is 1. The molecule has 0 radical (unpaired) electrons. The summed E-state index contributed by atoms with van der Waals surface area (Å²) >= 11 is 7.41. The van der Waals surface area contributed by atoms with Gasteiger partial charge in [-0.1, -0.05) is 48.8 Å². The molecule has 8 heteroatoms. The fourth-order valence-electron chi connectivity index (χ4n) is 1.89. The number of thioether (sulfide) groups is 1. The number of carbonyl (C=O) groups is 1. The molecule has 1 aromatic carbocycles. The first kappa shape index (κ1) is 18.6. The Labute approximate surface area is 150 Å². The van der Waals surface area contributed by atoms with Gasteiger partial charge in [-0.3, -0.25) is 4.79 Å². The van der Waals surface area contributed by atoms with E-state index in [2.05, 4.69) is 22.4 Å². The van der Waals surface area contributed by atoms with Crippen LogP contribution in [-0.2, 0) is 18.4 Å². The molecule has 0 atom stereocenters. The van der Waals surface area contributed by atoms with E-state index in [9.17, 15) is 4.79 Å². The number of para-hydroxylation sites is 1. The Kier molecular flexibility index (Phi) is 7.39. The van der Waals surface area contributed by atoms with Crippen LogP contribution in [0.25, 0.3) is 0 Å². The number of halogens is 1. The summed E-state index contributed by atoms with van der Waals surface area (Å²) in [5, 5.41) is 12.3. The molecule has 1 aromatic heterocycles. The Bertz CT molecular complexity index is 678. The average Bonchev–Trinajstić information content (AvgIpc) is 2.93. The van der Waals surface area contributed by atoms with Crippen molar-refractivity contribution in [3.8, 4) is 5.75 Å². The van der Waals surface area contributed by atoms with Crippen molar-refractivity contribution in [3.05, 3.63) is 35.1 Å². The third-order valence-corrected chi connectivity index (χ3v) is 4.64. The third kappa shape index (κ3) is 5.42. The fourth-order valence-corrected chi connectivity index (χ4v) is 2.84. The van der Waals surface area contributed by atoms with Gasteiger partial charge in [0.15, 0.2) is 11.0 Å². The number of aromatic nitrogens is 3. The Morgan fingerprint density at radius 1 is 1.38 bits per heavy atom. The third-order valence-electron chi connectivity index (χ3n) is 3.30. The summed E-state index contributed by atoms with van der Waals surface area (Å²) in [6, 6.07) is 7.27. The standard InChI is InChI=1S/C16H21ClN4O2S/c1-3-4-9-18-15(22)11-24-16-20-19-14(21(16)2)10-23-13-8-6-5-7-12(13)17/h5-8H,3-4,9-11H2,1-2H3,(H,18,22). The number of hydrogen-bond donors (Lipinski definition) is 1. The van der Waals surface area contributed by atoms with Gasteiger partial charge in [0, 0.05) is 13.6 Å². The predicted octanol–water partition coefficient (Wildman–Crippen LogP) is 3.06. The molecule has 0 saturated heterocycles. The molecule has 2 aromatic rings. The van der Waals surface area contributed by atoms with Gasteiger partial charge in [-0.05, 0) is 18.6 Å². The first-order valence-corrected chi connectivity index (χ1v) is 9.13. The number of nitrogens with zero attached hydrogens (tertiary/aromatic N) is 3. The van der Waals surface area contributed by atoms with Crippen molar-refractivity contribution in [2.24, 2.45) is 7.05 Å². The van der Waals surface area contributed by atoms with Gasteiger partial charge < -0.3 is 14.6 Å². The Balaban J connectivity index is 1.84. The summed E-state index contributed by atoms with van der Waals surface area (Å²) in [4.78, 5) is 11.7. The van der Waals surface area contributed by atoms with E-state index < -0.39 is 0 Å². The van der Waals surface area contributed by atoms with E-state index in [0.29, 0.717) is 34.1 Å². The van der Waals surface area contributed by atoms with Gasteiger partial charge in [0.25, 0.3) is 0 Å². The Morgan fingerprint density at radius 2 is 2.17 bits per heavy atom. The number of nitrogens with one attached hydrogen (secondary N) is 1. The minimum atomic E-state index is 0.00492. The van der Waals surface area contributed by atoms with Crippen LogP contribution < -0.4 is 10.1 Å². The highest BCUT2D eigenvalue weighted by Gasteiger charge is 2.12. The van der Waals surface area contributed by atoms with Gasteiger partial charge in [0.1, 0.15) is 12.4 Å². The summed E-state index contributed by atoms with van der Waals surface area (Å²) in [6.45, 7) is 3.06. The molecule has 1 heterocycles. The van der Waals surface area contributed by atoms with Crippen LogP contribution >= 0.6 is 23.4 Å². The smallest absolute Gasteiger partial charge is 0.230 e. The highest BCUT2D eigenvalue weighted by Crippen LogP contribution is 2.24. The molecule has 0 unspecified atom stereocenters. The Hall–Kier alpha value is -1.73. The lowest BCUT2D eigenvalue weighted by atomic mass is 10.3. The van der Waals surface area contributed by atoms with Gasteiger partial charge in [0.05, 0.1) is 10.8 Å². The van der Waals surface area contributed by atoms with Crippen LogP contribution in [0.5, 0.6) is 5.75 Å². The van der Waals surface area contributed by atoms with Crippen molar-refractivity contribution in [2.75, 3.05) is 12.3 Å². The van der Waals surface area contributed by atoms with Crippen molar-refractivity contribution in [3.63, 3.8) is 0 Å². The van der Waals surface area contributed by atoms with Gasteiger partial charge in [-0.15, -0.1) is 10.2 Å². The van der Waals surface area contributed by atoms with E-state index in [1.54, 1.807) is 12.1 Å². The fraction of sp³-hybridized carbons (Fsp3) is 0.438. The Morgan fingerprint density at radius 3 is 2.92 bits per heavy atom. The maximum atomic E-state index is 11.7. The highest BCUT2D eigenvalue weighted by atomic mass is 35.5. The molecule has 1 amide bonds. The van der Waals surface area contributed by atoms with Crippen molar-refractivity contribution in [1.82, 2.24) is 20.1 Å². The first-order chi connectivity index (χ1) is 11.6. The number of amides is 1. The second-order valence-corrected chi connectivity index (χ2v) is 6.52. The average molecular weight is 369 g/mol. The number of hydrogen-bond acceptors (Lipinski definition) is 5. The summed E-state index contributed by atoms with van der Waals surface area (Å²) in [6.07, 6.45) is 2.05. The first-order valence-electron chi connectivity index (χ1n) is 7.77. The van der Waals surface area contributed by atoms with Crippen LogP contribution in [0.4, 0.5) is 0 Å². The molecule has 24 heavy (non-hydrogen) atoms.